The van der Waals surface area contributed by atoms with Crippen LogP contribution in [0.3, 0.4) is 0 Å². The van der Waals surface area contributed by atoms with E-state index < -0.39 is 0 Å². The number of thiocarbonyl (C=S) groups is 1. The molecule has 0 aliphatic carbocycles. The maximum Gasteiger partial charge on any atom is 0.169 e. The van der Waals surface area contributed by atoms with Gasteiger partial charge in [0.2, 0.25) is 0 Å². The van der Waals surface area contributed by atoms with E-state index in [2.05, 4.69) is 48.5 Å². The number of thiophene rings is 1. The van der Waals surface area contributed by atoms with Crippen molar-refractivity contribution in [3.63, 3.8) is 0 Å². The fraction of sp³-hybridized carbons (Fsp3) is 0.545. The quantitative estimate of drug-likeness (QED) is 0.817. The van der Waals surface area contributed by atoms with Gasteiger partial charge in [0.25, 0.3) is 0 Å². The topological polar surface area (TPSA) is 15.3 Å². The van der Waals surface area contributed by atoms with E-state index in [4.69, 9.17) is 12.2 Å². The zero-order valence-corrected chi connectivity index (χ0v) is 11.1. The summed E-state index contributed by atoms with van der Waals surface area (Å²) in [5, 5.41) is 6.22. The summed E-state index contributed by atoms with van der Waals surface area (Å²) in [5.74, 6) is 0. The minimum atomic E-state index is 0.398. The van der Waals surface area contributed by atoms with Gasteiger partial charge in [0, 0.05) is 17.5 Å². The van der Waals surface area contributed by atoms with E-state index in [-0.39, 0.29) is 0 Å². The van der Waals surface area contributed by atoms with Gasteiger partial charge in [-0.2, -0.15) is 0 Å². The summed E-state index contributed by atoms with van der Waals surface area (Å²) in [6, 6.07) is 4.62. The Balaban J connectivity index is 2.52. The monoisotopic (exact) mass is 242 g/mol. The average Bonchev–Trinajstić information content (AvgIpc) is 2.65. The zero-order chi connectivity index (χ0) is 11.3. The molecule has 0 saturated heterocycles. The van der Waals surface area contributed by atoms with E-state index in [1.54, 1.807) is 11.3 Å². The van der Waals surface area contributed by atoms with Crippen LogP contribution in [0.1, 0.15) is 25.6 Å². The van der Waals surface area contributed by atoms with E-state index in [1.807, 2.05) is 0 Å². The Morgan fingerprint density at radius 1 is 1.60 bits per heavy atom. The average molecular weight is 242 g/mol. The molecule has 4 heteroatoms. The van der Waals surface area contributed by atoms with Gasteiger partial charge in [-0.15, -0.1) is 11.3 Å². The standard InChI is InChI=1S/C11H18N2S2/c1-4-13(11(14)12-9(2)3)8-10-6-5-7-15-10/h5-7,9H,4,8H2,1-3H3,(H,12,14). The van der Waals surface area contributed by atoms with Crippen molar-refractivity contribution in [2.24, 2.45) is 0 Å². The first-order valence-electron chi connectivity index (χ1n) is 5.21. The van der Waals surface area contributed by atoms with Crippen molar-refractivity contribution in [1.82, 2.24) is 10.2 Å². The smallest absolute Gasteiger partial charge is 0.169 e. The second-order valence-corrected chi connectivity index (χ2v) is 5.12. The predicted molar refractivity (Wildman–Crippen MR) is 71.3 cm³/mol. The highest BCUT2D eigenvalue weighted by atomic mass is 32.1. The molecule has 1 heterocycles. The Morgan fingerprint density at radius 3 is 2.80 bits per heavy atom. The van der Waals surface area contributed by atoms with Crippen LogP contribution in [0.4, 0.5) is 0 Å². The molecule has 0 bridgehead atoms. The number of hydrogen-bond donors (Lipinski definition) is 1. The third kappa shape index (κ3) is 4.18. The molecule has 0 aliphatic heterocycles. The van der Waals surface area contributed by atoms with Crippen molar-refractivity contribution in [2.45, 2.75) is 33.4 Å². The van der Waals surface area contributed by atoms with E-state index in [9.17, 15) is 0 Å². The molecule has 1 aromatic heterocycles. The Bertz CT molecular complexity index is 294. The lowest BCUT2D eigenvalue weighted by atomic mass is 10.4. The van der Waals surface area contributed by atoms with Crippen LogP contribution in [-0.4, -0.2) is 22.6 Å². The molecule has 0 atom stereocenters. The third-order valence-electron chi connectivity index (χ3n) is 2.01. The summed E-state index contributed by atoms with van der Waals surface area (Å²) in [6.07, 6.45) is 0. The highest BCUT2D eigenvalue weighted by Gasteiger charge is 2.09. The molecular weight excluding hydrogens is 224 g/mol. The summed E-state index contributed by atoms with van der Waals surface area (Å²) < 4.78 is 0. The van der Waals surface area contributed by atoms with E-state index in [0.717, 1.165) is 18.2 Å². The highest BCUT2D eigenvalue weighted by molar-refractivity contribution is 7.80. The first kappa shape index (κ1) is 12.5. The first-order valence-corrected chi connectivity index (χ1v) is 6.50. The van der Waals surface area contributed by atoms with Gasteiger partial charge in [0.15, 0.2) is 5.11 Å². The van der Waals surface area contributed by atoms with Crippen LogP contribution in [0.25, 0.3) is 0 Å². The maximum absolute atomic E-state index is 5.34. The largest absolute Gasteiger partial charge is 0.360 e. The molecule has 15 heavy (non-hydrogen) atoms. The van der Waals surface area contributed by atoms with Gasteiger partial charge in [-0.3, -0.25) is 0 Å². The Morgan fingerprint density at radius 2 is 2.33 bits per heavy atom. The molecule has 0 aliphatic rings. The lowest BCUT2D eigenvalue weighted by Crippen LogP contribution is -2.42. The number of nitrogens with one attached hydrogen (secondary N) is 1. The van der Waals surface area contributed by atoms with Crippen LogP contribution in [-0.2, 0) is 6.54 Å². The summed E-state index contributed by atoms with van der Waals surface area (Å²) in [7, 11) is 0. The van der Waals surface area contributed by atoms with Crippen molar-refractivity contribution in [1.29, 1.82) is 0 Å². The molecule has 0 unspecified atom stereocenters. The number of nitrogens with zero attached hydrogens (tertiary/aromatic N) is 1. The van der Waals surface area contributed by atoms with Crippen molar-refractivity contribution in [3.8, 4) is 0 Å². The van der Waals surface area contributed by atoms with Crippen LogP contribution in [0.2, 0.25) is 0 Å². The summed E-state index contributed by atoms with van der Waals surface area (Å²) >= 11 is 7.12. The van der Waals surface area contributed by atoms with Crippen LogP contribution in [0, 0.1) is 0 Å². The van der Waals surface area contributed by atoms with Gasteiger partial charge >= 0.3 is 0 Å². The minimum Gasteiger partial charge on any atom is -0.360 e. The molecular formula is C11H18N2S2. The molecule has 0 saturated carbocycles. The number of rotatable bonds is 4. The van der Waals surface area contributed by atoms with Crippen LogP contribution in [0.15, 0.2) is 17.5 Å². The van der Waals surface area contributed by atoms with Crippen LogP contribution >= 0.6 is 23.6 Å². The SMILES string of the molecule is CCN(Cc1cccs1)C(=S)NC(C)C. The molecule has 1 aromatic rings. The molecule has 0 fully saturated rings. The Labute approximate surface area is 101 Å². The molecule has 2 nitrogen and oxygen atoms in total. The van der Waals surface area contributed by atoms with Crippen molar-refractivity contribution >= 4 is 28.7 Å². The lowest BCUT2D eigenvalue weighted by molar-refractivity contribution is 0.425. The van der Waals surface area contributed by atoms with Gasteiger partial charge in [-0.25, -0.2) is 0 Å². The van der Waals surface area contributed by atoms with E-state index in [0.29, 0.717) is 6.04 Å². The van der Waals surface area contributed by atoms with Gasteiger partial charge in [-0.1, -0.05) is 6.07 Å². The summed E-state index contributed by atoms with van der Waals surface area (Å²) in [5.41, 5.74) is 0. The molecule has 1 rings (SSSR count). The van der Waals surface area contributed by atoms with Crippen LogP contribution in [0.5, 0.6) is 0 Å². The van der Waals surface area contributed by atoms with Gasteiger partial charge in [-0.05, 0) is 44.4 Å². The third-order valence-corrected chi connectivity index (χ3v) is 3.25. The van der Waals surface area contributed by atoms with Crippen molar-refractivity contribution < 1.29 is 0 Å². The van der Waals surface area contributed by atoms with Gasteiger partial charge in [0.05, 0.1) is 6.54 Å². The normalized spacial score (nSPS) is 10.4. The molecule has 1 N–H and O–H groups in total. The second-order valence-electron chi connectivity index (χ2n) is 3.70. The van der Waals surface area contributed by atoms with Gasteiger partial charge < -0.3 is 10.2 Å². The van der Waals surface area contributed by atoms with Crippen LogP contribution < -0.4 is 5.32 Å². The molecule has 0 amide bonds. The first-order chi connectivity index (χ1) is 7.13. The molecule has 0 spiro atoms. The number of hydrogen-bond acceptors (Lipinski definition) is 2. The zero-order valence-electron chi connectivity index (χ0n) is 9.49. The maximum atomic E-state index is 5.34. The highest BCUT2D eigenvalue weighted by Crippen LogP contribution is 2.11. The van der Waals surface area contributed by atoms with Gasteiger partial charge in [0.1, 0.15) is 0 Å². The minimum absolute atomic E-state index is 0.398. The molecule has 0 radical (unpaired) electrons. The summed E-state index contributed by atoms with van der Waals surface area (Å²) in [4.78, 5) is 3.53. The lowest BCUT2D eigenvalue weighted by Gasteiger charge is -2.25. The van der Waals surface area contributed by atoms with E-state index >= 15 is 0 Å². The molecule has 0 aromatic carbocycles. The molecule has 84 valence electrons. The Hall–Kier alpha value is -0.610. The fourth-order valence-electron chi connectivity index (χ4n) is 1.26. The van der Waals surface area contributed by atoms with E-state index in [1.165, 1.54) is 4.88 Å². The Kier molecular flexibility index (Phi) is 5.05. The predicted octanol–water partition coefficient (Wildman–Crippen LogP) is 2.85. The van der Waals surface area contributed by atoms with Crippen molar-refractivity contribution in [3.05, 3.63) is 22.4 Å². The fourth-order valence-corrected chi connectivity index (χ4v) is 2.40. The second kappa shape index (κ2) is 6.08. The van der Waals surface area contributed by atoms with Crippen molar-refractivity contribution in [2.75, 3.05) is 6.54 Å². The summed E-state index contributed by atoms with van der Waals surface area (Å²) in [6.45, 7) is 8.18.